The number of benzene rings is 2. The van der Waals surface area contributed by atoms with Gasteiger partial charge in [-0.3, -0.25) is 24.5 Å². The molecule has 2 aromatic rings. The number of halogens is 1. The number of para-hydroxylation sites is 2. The minimum atomic E-state index is -1.49. The van der Waals surface area contributed by atoms with Crippen molar-refractivity contribution in [2.45, 2.75) is 24.4 Å². The Balaban J connectivity index is 1.66. The van der Waals surface area contributed by atoms with Gasteiger partial charge in [0.05, 0.1) is 17.5 Å². The zero-order valence-electron chi connectivity index (χ0n) is 16.3. The van der Waals surface area contributed by atoms with Crippen LogP contribution in [0.2, 0.25) is 0 Å². The number of nitrogens with two attached hydrogens (primary N) is 1. The molecule has 2 aromatic carbocycles. The van der Waals surface area contributed by atoms with E-state index >= 15 is 0 Å². The Morgan fingerprint density at radius 1 is 1.06 bits per heavy atom. The molecule has 9 heteroatoms. The lowest BCUT2D eigenvalue weighted by atomic mass is 9.76. The highest BCUT2D eigenvalue weighted by molar-refractivity contribution is 6.25. The highest BCUT2D eigenvalue weighted by Gasteiger charge is 2.70. The lowest BCUT2D eigenvalue weighted by Gasteiger charge is -2.29. The van der Waals surface area contributed by atoms with Gasteiger partial charge in [0.15, 0.2) is 0 Å². The molecule has 5 rings (SSSR count). The van der Waals surface area contributed by atoms with Crippen LogP contribution in [0.4, 0.5) is 15.8 Å². The first-order valence-corrected chi connectivity index (χ1v) is 9.95. The van der Waals surface area contributed by atoms with Gasteiger partial charge in [0.25, 0.3) is 0 Å². The van der Waals surface area contributed by atoms with Gasteiger partial charge in [-0.05, 0) is 24.6 Å². The smallest absolute Gasteiger partial charge is 0.250 e. The first-order chi connectivity index (χ1) is 14.9. The average Bonchev–Trinajstić information content (AvgIpc) is 3.32. The lowest BCUT2D eigenvalue weighted by Crippen LogP contribution is -2.53. The van der Waals surface area contributed by atoms with Gasteiger partial charge < -0.3 is 11.1 Å². The second kappa shape index (κ2) is 6.71. The van der Waals surface area contributed by atoms with Crippen LogP contribution in [0.5, 0.6) is 0 Å². The molecule has 31 heavy (non-hydrogen) atoms. The number of carbonyl (C=O) groups is 4. The summed E-state index contributed by atoms with van der Waals surface area (Å²) in [5, 5.41) is 5.98. The molecule has 2 saturated heterocycles. The maximum Gasteiger partial charge on any atom is 0.250 e. The van der Waals surface area contributed by atoms with Crippen LogP contribution < -0.4 is 21.3 Å². The molecule has 0 aromatic heterocycles. The maximum atomic E-state index is 14.5. The van der Waals surface area contributed by atoms with E-state index in [0.717, 1.165) is 4.90 Å². The summed E-state index contributed by atoms with van der Waals surface area (Å²) in [6.45, 7) is 0. The summed E-state index contributed by atoms with van der Waals surface area (Å²) >= 11 is 0. The number of carbonyl (C=O) groups excluding carboxylic acids is 4. The van der Waals surface area contributed by atoms with E-state index in [2.05, 4.69) is 10.6 Å². The topological polar surface area (TPSA) is 122 Å². The molecule has 1 spiro atoms. The number of hydrogen-bond acceptors (Lipinski definition) is 5. The molecule has 0 aliphatic carbocycles. The van der Waals surface area contributed by atoms with Gasteiger partial charge in [0.2, 0.25) is 23.6 Å². The van der Waals surface area contributed by atoms with E-state index in [9.17, 15) is 23.6 Å². The van der Waals surface area contributed by atoms with E-state index < -0.39 is 52.9 Å². The molecule has 4 amide bonds. The monoisotopic (exact) mass is 422 g/mol. The number of fused-ring (bicyclic) bond motifs is 4. The summed E-state index contributed by atoms with van der Waals surface area (Å²) in [7, 11) is 0. The van der Waals surface area contributed by atoms with Crippen molar-refractivity contribution in [1.29, 1.82) is 0 Å². The van der Waals surface area contributed by atoms with Crippen molar-refractivity contribution in [2.75, 3.05) is 10.2 Å². The van der Waals surface area contributed by atoms with Crippen molar-refractivity contribution in [3.05, 3.63) is 59.9 Å². The number of rotatable bonds is 4. The van der Waals surface area contributed by atoms with Gasteiger partial charge in [0, 0.05) is 23.7 Å². The van der Waals surface area contributed by atoms with E-state index in [-0.39, 0.29) is 18.5 Å². The third-order valence-electron chi connectivity index (χ3n) is 6.42. The van der Waals surface area contributed by atoms with Gasteiger partial charge in [0.1, 0.15) is 11.4 Å². The van der Waals surface area contributed by atoms with Crippen LogP contribution in [0.3, 0.4) is 0 Å². The van der Waals surface area contributed by atoms with Crippen LogP contribution >= 0.6 is 0 Å². The highest BCUT2D eigenvalue weighted by Crippen LogP contribution is 2.54. The van der Waals surface area contributed by atoms with E-state index in [1.807, 2.05) is 0 Å². The molecule has 3 heterocycles. The highest BCUT2D eigenvalue weighted by atomic mass is 19.1. The van der Waals surface area contributed by atoms with Crippen molar-refractivity contribution >= 4 is 35.0 Å². The molecule has 0 saturated carbocycles. The molecular formula is C22H19FN4O4. The SMILES string of the molecule is NC(=O)CCC1NC2(C(=O)Nc3ccccc32)C2C(=O)N(c3ccccc3F)C(=O)C12. The van der Waals surface area contributed by atoms with Crippen LogP contribution in [0.25, 0.3) is 0 Å². The fourth-order valence-corrected chi connectivity index (χ4v) is 5.18. The summed E-state index contributed by atoms with van der Waals surface area (Å²) in [5.74, 6) is -5.00. The summed E-state index contributed by atoms with van der Waals surface area (Å²) in [6, 6.07) is 11.8. The number of imide groups is 1. The quantitative estimate of drug-likeness (QED) is 0.635. The van der Waals surface area contributed by atoms with Crippen LogP contribution in [-0.2, 0) is 24.7 Å². The number of nitrogens with zero attached hydrogens (tertiary/aromatic N) is 1. The van der Waals surface area contributed by atoms with Crippen LogP contribution in [0.15, 0.2) is 48.5 Å². The van der Waals surface area contributed by atoms with Crippen LogP contribution in [-0.4, -0.2) is 29.7 Å². The zero-order chi connectivity index (χ0) is 21.9. The van der Waals surface area contributed by atoms with Crippen molar-refractivity contribution in [1.82, 2.24) is 5.32 Å². The largest absolute Gasteiger partial charge is 0.370 e. The van der Waals surface area contributed by atoms with Crippen molar-refractivity contribution in [3.63, 3.8) is 0 Å². The third kappa shape index (κ3) is 2.56. The molecule has 4 N–H and O–H groups in total. The van der Waals surface area contributed by atoms with Crippen molar-refractivity contribution in [2.24, 2.45) is 17.6 Å². The Morgan fingerprint density at radius 2 is 1.77 bits per heavy atom. The molecular weight excluding hydrogens is 403 g/mol. The number of nitrogens with one attached hydrogen (secondary N) is 2. The summed E-state index contributed by atoms with van der Waals surface area (Å²) < 4.78 is 14.5. The van der Waals surface area contributed by atoms with Gasteiger partial charge in [-0.1, -0.05) is 30.3 Å². The molecule has 158 valence electrons. The van der Waals surface area contributed by atoms with Gasteiger partial charge in [-0.25, -0.2) is 9.29 Å². The minimum absolute atomic E-state index is 0.0264. The summed E-state index contributed by atoms with van der Waals surface area (Å²) in [4.78, 5) is 52.4. The molecule has 4 unspecified atom stereocenters. The number of anilines is 2. The zero-order valence-corrected chi connectivity index (χ0v) is 16.3. The Kier molecular flexibility index (Phi) is 4.19. The van der Waals surface area contributed by atoms with E-state index in [1.165, 1.54) is 24.3 Å². The molecule has 3 aliphatic rings. The van der Waals surface area contributed by atoms with Gasteiger partial charge in [-0.2, -0.15) is 0 Å². The summed E-state index contributed by atoms with van der Waals surface area (Å²) in [5.41, 5.74) is 4.75. The Labute approximate surface area is 176 Å². The second-order valence-electron chi connectivity index (χ2n) is 8.03. The van der Waals surface area contributed by atoms with E-state index in [4.69, 9.17) is 5.73 Å². The maximum absolute atomic E-state index is 14.5. The minimum Gasteiger partial charge on any atom is -0.370 e. The fraction of sp³-hybridized carbons (Fsp3) is 0.273. The van der Waals surface area contributed by atoms with Crippen molar-refractivity contribution < 1.29 is 23.6 Å². The first kappa shape index (κ1) is 19.4. The Bertz CT molecular complexity index is 1150. The van der Waals surface area contributed by atoms with Crippen LogP contribution in [0, 0.1) is 17.7 Å². The summed E-state index contributed by atoms with van der Waals surface area (Å²) in [6.07, 6.45) is 0.138. The molecule has 3 aliphatic heterocycles. The van der Waals surface area contributed by atoms with Crippen molar-refractivity contribution in [3.8, 4) is 0 Å². The predicted molar refractivity (Wildman–Crippen MR) is 108 cm³/mol. The predicted octanol–water partition coefficient (Wildman–Crippen LogP) is 1.02. The van der Waals surface area contributed by atoms with Crippen LogP contribution in [0.1, 0.15) is 18.4 Å². The van der Waals surface area contributed by atoms with E-state index in [0.29, 0.717) is 11.3 Å². The first-order valence-electron chi connectivity index (χ1n) is 9.95. The molecule has 0 bridgehead atoms. The standard InChI is InChI=1S/C22H19FN4O4/c23-12-6-2-4-8-15(12)27-19(29)17-14(9-10-16(24)28)26-22(18(17)20(27)30)11-5-1-3-7-13(11)25-21(22)31/h1-8,14,17-18,26H,9-10H2,(H2,24,28)(H,25,31). The molecule has 2 fully saturated rings. The molecule has 0 radical (unpaired) electrons. The molecule has 4 atom stereocenters. The fourth-order valence-electron chi connectivity index (χ4n) is 5.18. The number of amides is 4. The Hall–Kier alpha value is -3.59. The third-order valence-corrected chi connectivity index (χ3v) is 6.42. The van der Waals surface area contributed by atoms with Gasteiger partial charge in [-0.15, -0.1) is 0 Å². The second-order valence-corrected chi connectivity index (χ2v) is 8.03. The lowest BCUT2D eigenvalue weighted by molar-refractivity contribution is -0.130. The van der Waals surface area contributed by atoms with E-state index in [1.54, 1.807) is 24.3 Å². The number of hydrogen-bond donors (Lipinski definition) is 3. The Morgan fingerprint density at radius 3 is 2.52 bits per heavy atom. The normalized spacial score (nSPS) is 28.7. The van der Waals surface area contributed by atoms with Gasteiger partial charge >= 0.3 is 0 Å². The average molecular weight is 422 g/mol. The molecule has 8 nitrogen and oxygen atoms in total. The number of primary amides is 1.